The molecule has 0 spiro atoms. The molecule has 0 bridgehead atoms. The fourth-order valence-electron chi connectivity index (χ4n) is 3.59. The monoisotopic (exact) mass is 422 g/mol. The molecule has 0 saturated carbocycles. The molecule has 2 aromatic carbocycles. The number of morpholine rings is 1. The van der Waals surface area contributed by atoms with Crippen LogP contribution in [0.5, 0.6) is 5.75 Å². The molecule has 1 aromatic heterocycles. The number of benzene rings is 2. The molecule has 2 heterocycles. The van der Waals surface area contributed by atoms with Gasteiger partial charge in [-0.25, -0.2) is 4.98 Å². The lowest BCUT2D eigenvalue weighted by Crippen LogP contribution is -2.38. The third kappa shape index (κ3) is 4.76. The molecule has 1 fully saturated rings. The molecule has 1 saturated heterocycles. The van der Waals surface area contributed by atoms with Gasteiger partial charge in [-0.2, -0.15) is 0 Å². The van der Waals surface area contributed by atoms with Gasteiger partial charge in [0.05, 0.1) is 29.9 Å². The standard InChI is InChI=1S/C23H26N4O4/c1-16-7-8-20(31-14-11-27-9-12-30-13-10-27)18(15-16)25-22(28)21-23(29)26(2)19-6-4-3-5-17(19)24-21/h3-8,15H,9-14H2,1-2H3,(H,25,28). The van der Waals surface area contributed by atoms with E-state index in [1.165, 1.54) is 4.57 Å². The second-order valence-corrected chi connectivity index (χ2v) is 7.57. The number of hydrogen-bond donors (Lipinski definition) is 1. The van der Waals surface area contributed by atoms with Crippen molar-refractivity contribution < 1.29 is 14.3 Å². The van der Waals surface area contributed by atoms with Gasteiger partial charge in [0.15, 0.2) is 5.69 Å². The average Bonchev–Trinajstić information content (AvgIpc) is 2.78. The van der Waals surface area contributed by atoms with Gasteiger partial charge in [0.1, 0.15) is 12.4 Å². The minimum atomic E-state index is -0.560. The van der Waals surface area contributed by atoms with Crippen LogP contribution in [0.25, 0.3) is 11.0 Å². The minimum absolute atomic E-state index is 0.151. The number of carbonyl (C=O) groups is 1. The fourth-order valence-corrected chi connectivity index (χ4v) is 3.59. The predicted octanol–water partition coefficient (Wildman–Crippen LogP) is 2.21. The maximum Gasteiger partial charge on any atom is 0.282 e. The molecule has 0 radical (unpaired) electrons. The van der Waals surface area contributed by atoms with E-state index in [2.05, 4.69) is 15.2 Å². The Labute approximate surface area is 180 Å². The number of para-hydroxylation sites is 2. The molecule has 0 aliphatic carbocycles. The maximum absolute atomic E-state index is 13.0. The summed E-state index contributed by atoms with van der Waals surface area (Å²) in [5.41, 5.74) is 2.15. The molecule has 3 aromatic rings. The molecule has 1 amide bonds. The number of fused-ring (bicyclic) bond motifs is 1. The highest BCUT2D eigenvalue weighted by molar-refractivity contribution is 6.04. The second kappa shape index (κ2) is 9.28. The lowest BCUT2D eigenvalue weighted by Gasteiger charge is -2.26. The average molecular weight is 422 g/mol. The van der Waals surface area contributed by atoms with Crippen LogP contribution in [0.3, 0.4) is 0 Å². The van der Waals surface area contributed by atoms with Crippen molar-refractivity contribution in [2.24, 2.45) is 7.05 Å². The first-order chi connectivity index (χ1) is 15.0. The Morgan fingerprint density at radius 1 is 1.19 bits per heavy atom. The van der Waals surface area contributed by atoms with E-state index in [-0.39, 0.29) is 5.69 Å². The zero-order valence-electron chi connectivity index (χ0n) is 17.8. The summed E-state index contributed by atoms with van der Waals surface area (Å²) >= 11 is 0. The van der Waals surface area contributed by atoms with Gasteiger partial charge >= 0.3 is 0 Å². The zero-order valence-corrected chi connectivity index (χ0v) is 17.8. The van der Waals surface area contributed by atoms with Crippen molar-refractivity contribution in [3.63, 3.8) is 0 Å². The Hall–Kier alpha value is -3.23. The van der Waals surface area contributed by atoms with Crippen molar-refractivity contribution in [3.05, 3.63) is 64.1 Å². The van der Waals surface area contributed by atoms with Crippen LogP contribution in [0.4, 0.5) is 5.69 Å². The molecule has 1 N–H and O–H groups in total. The Morgan fingerprint density at radius 2 is 1.97 bits per heavy atom. The summed E-state index contributed by atoms with van der Waals surface area (Å²) in [4.78, 5) is 32.2. The van der Waals surface area contributed by atoms with Crippen LogP contribution < -0.4 is 15.6 Å². The Balaban J connectivity index is 1.53. The van der Waals surface area contributed by atoms with E-state index in [9.17, 15) is 9.59 Å². The van der Waals surface area contributed by atoms with Gasteiger partial charge in [-0.3, -0.25) is 14.5 Å². The van der Waals surface area contributed by atoms with E-state index in [4.69, 9.17) is 9.47 Å². The summed E-state index contributed by atoms with van der Waals surface area (Å²) in [7, 11) is 1.63. The minimum Gasteiger partial charge on any atom is -0.490 e. The number of hydrogen-bond acceptors (Lipinski definition) is 6. The van der Waals surface area contributed by atoms with Gasteiger partial charge in [0.2, 0.25) is 0 Å². The number of aryl methyl sites for hydroxylation is 2. The molecule has 31 heavy (non-hydrogen) atoms. The van der Waals surface area contributed by atoms with Crippen LogP contribution in [0.15, 0.2) is 47.3 Å². The fraction of sp³-hybridized carbons (Fsp3) is 0.348. The summed E-state index contributed by atoms with van der Waals surface area (Å²) in [6, 6.07) is 12.8. The van der Waals surface area contributed by atoms with Crippen LogP contribution >= 0.6 is 0 Å². The highest BCUT2D eigenvalue weighted by Crippen LogP contribution is 2.26. The van der Waals surface area contributed by atoms with E-state index in [1.54, 1.807) is 19.2 Å². The molecular formula is C23H26N4O4. The largest absolute Gasteiger partial charge is 0.490 e. The number of carbonyl (C=O) groups excluding carboxylic acids is 1. The summed E-state index contributed by atoms with van der Waals surface area (Å²) in [5.74, 6) is -0.000181. The molecule has 0 unspecified atom stereocenters. The van der Waals surface area contributed by atoms with Crippen LogP contribution in [0.2, 0.25) is 0 Å². The molecule has 8 heteroatoms. The Kier molecular flexibility index (Phi) is 6.29. The Morgan fingerprint density at radius 3 is 2.77 bits per heavy atom. The molecule has 8 nitrogen and oxygen atoms in total. The van der Waals surface area contributed by atoms with E-state index >= 15 is 0 Å². The molecule has 1 aliphatic heterocycles. The van der Waals surface area contributed by atoms with Crippen molar-refractivity contribution in [3.8, 4) is 5.75 Å². The number of aromatic nitrogens is 2. The number of amides is 1. The van der Waals surface area contributed by atoms with Gasteiger partial charge in [-0.1, -0.05) is 18.2 Å². The van der Waals surface area contributed by atoms with Crippen LogP contribution in [0, 0.1) is 6.92 Å². The maximum atomic E-state index is 13.0. The van der Waals surface area contributed by atoms with Crippen molar-refractivity contribution in [2.45, 2.75) is 6.92 Å². The molecule has 4 rings (SSSR count). The first-order valence-corrected chi connectivity index (χ1v) is 10.3. The van der Waals surface area contributed by atoms with Crippen molar-refractivity contribution in [1.82, 2.24) is 14.5 Å². The lowest BCUT2D eigenvalue weighted by atomic mass is 10.2. The third-order valence-electron chi connectivity index (χ3n) is 5.35. The summed E-state index contributed by atoms with van der Waals surface area (Å²) in [5, 5.41) is 2.82. The SMILES string of the molecule is Cc1ccc(OCCN2CCOCC2)c(NC(=O)c2nc3ccccc3n(C)c2=O)c1. The van der Waals surface area contributed by atoms with Crippen LogP contribution in [-0.4, -0.2) is 59.8 Å². The molecular weight excluding hydrogens is 396 g/mol. The topological polar surface area (TPSA) is 85.7 Å². The number of ether oxygens (including phenoxy) is 2. The van der Waals surface area contributed by atoms with Crippen molar-refractivity contribution in [2.75, 3.05) is 44.8 Å². The quantitative estimate of drug-likeness (QED) is 0.656. The van der Waals surface area contributed by atoms with Gasteiger partial charge in [-0.15, -0.1) is 0 Å². The van der Waals surface area contributed by atoms with Gasteiger partial charge in [0, 0.05) is 26.7 Å². The molecule has 0 atom stereocenters. The van der Waals surface area contributed by atoms with Crippen LogP contribution in [0.1, 0.15) is 16.1 Å². The van der Waals surface area contributed by atoms with Gasteiger partial charge in [-0.05, 0) is 36.8 Å². The first-order valence-electron chi connectivity index (χ1n) is 10.3. The third-order valence-corrected chi connectivity index (χ3v) is 5.35. The zero-order chi connectivity index (χ0) is 21.8. The van der Waals surface area contributed by atoms with Crippen molar-refractivity contribution in [1.29, 1.82) is 0 Å². The van der Waals surface area contributed by atoms with Crippen LogP contribution in [-0.2, 0) is 11.8 Å². The first kappa shape index (κ1) is 21.0. The Bertz CT molecular complexity index is 1150. The normalized spacial score (nSPS) is 14.5. The highest BCUT2D eigenvalue weighted by atomic mass is 16.5. The lowest BCUT2D eigenvalue weighted by molar-refractivity contribution is 0.0323. The summed E-state index contributed by atoms with van der Waals surface area (Å²) in [6.07, 6.45) is 0. The van der Waals surface area contributed by atoms with E-state index in [1.807, 2.05) is 37.3 Å². The summed E-state index contributed by atoms with van der Waals surface area (Å²) < 4.78 is 12.8. The number of anilines is 1. The number of rotatable bonds is 6. The van der Waals surface area contributed by atoms with Gasteiger partial charge < -0.3 is 19.4 Å². The number of nitrogens with one attached hydrogen (secondary N) is 1. The highest BCUT2D eigenvalue weighted by Gasteiger charge is 2.18. The molecule has 162 valence electrons. The molecule has 1 aliphatic rings. The van der Waals surface area contributed by atoms with E-state index in [0.29, 0.717) is 29.1 Å². The summed E-state index contributed by atoms with van der Waals surface area (Å²) in [6.45, 7) is 6.44. The van der Waals surface area contributed by atoms with Gasteiger partial charge in [0.25, 0.3) is 11.5 Å². The van der Waals surface area contributed by atoms with Crippen molar-refractivity contribution >= 4 is 22.6 Å². The van der Waals surface area contributed by atoms with E-state index in [0.717, 1.165) is 38.4 Å². The number of nitrogens with zero attached hydrogens (tertiary/aromatic N) is 3. The second-order valence-electron chi connectivity index (χ2n) is 7.57. The predicted molar refractivity (Wildman–Crippen MR) is 119 cm³/mol. The smallest absolute Gasteiger partial charge is 0.282 e. The van der Waals surface area contributed by atoms with E-state index < -0.39 is 11.5 Å².